The lowest BCUT2D eigenvalue weighted by Gasteiger charge is -2.51. The average Bonchev–Trinajstić information content (AvgIpc) is 3.14. The molecule has 3 saturated heterocycles. The highest BCUT2D eigenvalue weighted by Gasteiger charge is 2.52. The molecule has 0 radical (unpaired) electrons. The second kappa shape index (κ2) is 10.5. The van der Waals surface area contributed by atoms with Crippen LogP contribution in [-0.4, -0.2) is 98.1 Å². The molecule has 6 rings (SSSR count). The van der Waals surface area contributed by atoms with Crippen molar-refractivity contribution < 1.29 is 0 Å². The van der Waals surface area contributed by atoms with E-state index in [4.69, 9.17) is 0 Å². The van der Waals surface area contributed by atoms with Crippen molar-refractivity contribution in [3.63, 3.8) is 0 Å². The van der Waals surface area contributed by atoms with Gasteiger partial charge in [-0.25, -0.2) is 0 Å². The second-order valence-corrected chi connectivity index (χ2v) is 11.3. The Bertz CT molecular complexity index is 841. The average molecular weight is 461 g/mol. The molecule has 0 aromatic heterocycles. The molecule has 0 unspecified atom stereocenters. The van der Waals surface area contributed by atoms with Crippen molar-refractivity contribution in [3.05, 3.63) is 71.8 Å². The first-order valence-electron chi connectivity index (χ1n) is 13.5. The molecule has 2 atom stereocenters. The lowest BCUT2D eigenvalue weighted by molar-refractivity contribution is 0.0648. The lowest BCUT2D eigenvalue weighted by atomic mass is 9.63. The minimum atomic E-state index is 0.268. The topological polar surface area (TPSA) is 13.0 Å². The summed E-state index contributed by atoms with van der Waals surface area (Å²) < 4.78 is 0. The van der Waals surface area contributed by atoms with Gasteiger partial charge in [0, 0.05) is 56.1 Å². The Labute approximate surface area is 207 Å². The predicted molar refractivity (Wildman–Crippen MR) is 143 cm³/mol. The summed E-state index contributed by atoms with van der Waals surface area (Å²) in [5.41, 5.74) is 3.33. The van der Waals surface area contributed by atoms with Crippen LogP contribution < -0.4 is 0 Å². The summed E-state index contributed by atoms with van der Waals surface area (Å²) in [6.07, 6.45) is 5.09. The van der Waals surface area contributed by atoms with E-state index in [0.29, 0.717) is 17.9 Å². The van der Waals surface area contributed by atoms with E-state index < -0.39 is 0 Å². The monoisotopic (exact) mass is 460 g/mol. The number of nitrogens with zero attached hydrogens (tertiary/aromatic N) is 4. The van der Waals surface area contributed by atoms with Gasteiger partial charge in [-0.2, -0.15) is 0 Å². The minimum Gasteiger partial charge on any atom is -0.304 e. The summed E-state index contributed by atoms with van der Waals surface area (Å²) in [6.45, 7) is 8.55. The quantitative estimate of drug-likeness (QED) is 0.609. The van der Waals surface area contributed by atoms with Crippen molar-refractivity contribution in [2.75, 3.05) is 67.0 Å². The Kier molecular flexibility index (Phi) is 7.41. The van der Waals surface area contributed by atoms with Crippen LogP contribution in [0, 0.1) is 0 Å². The van der Waals surface area contributed by atoms with Gasteiger partial charge in [-0.1, -0.05) is 60.7 Å². The molecule has 3 aliphatic heterocycles. The zero-order chi connectivity index (χ0) is 23.5. The molecule has 1 saturated carbocycles. The number of hydrogen-bond acceptors (Lipinski definition) is 4. The molecule has 2 aromatic rings. The molecule has 2 bridgehead atoms. The van der Waals surface area contributed by atoms with Crippen LogP contribution in [0.15, 0.2) is 60.7 Å². The standard InChI is InChI=1S/C30H44N4/c1-31(2)30-15-18-34(17-10-16-33-21-19-32(3)20-22-33)29(27(23-30)25-11-6-4-7-12-25)28(24-30)26-13-8-5-9-14-26/h4-9,11-14,27-29H,10,15-24H2,1-3H3/t27-,28-,29?,30?/m0/s1. The van der Waals surface area contributed by atoms with Crippen molar-refractivity contribution in [2.45, 2.75) is 49.1 Å². The normalized spacial score (nSPS) is 31.1. The van der Waals surface area contributed by atoms with Crippen LogP contribution in [0.1, 0.15) is 48.6 Å². The molecular formula is C30H44N4. The van der Waals surface area contributed by atoms with Gasteiger partial charge in [0.15, 0.2) is 0 Å². The van der Waals surface area contributed by atoms with Gasteiger partial charge >= 0.3 is 0 Å². The molecule has 1 aliphatic carbocycles. The summed E-state index contributed by atoms with van der Waals surface area (Å²) in [4.78, 5) is 10.6. The SMILES string of the molecule is CN1CCN(CCCN2CCC3(N(C)C)C[C@@H](c4ccccc4)C2[C@H](c2ccccc2)C3)CC1. The van der Waals surface area contributed by atoms with Crippen LogP contribution in [0.2, 0.25) is 0 Å². The molecule has 4 fully saturated rings. The first-order chi connectivity index (χ1) is 16.6. The smallest absolute Gasteiger partial charge is 0.0234 e. The fraction of sp³-hybridized carbons (Fsp3) is 0.600. The Morgan fingerprint density at radius 3 is 1.85 bits per heavy atom. The fourth-order valence-corrected chi connectivity index (χ4v) is 7.09. The molecule has 184 valence electrons. The number of piperazine rings is 1. The van der Waals surface area contributed by atoms with Crippen LogP contribution in [0.5, 0.6) is 0 Å². The van der Waals surface area contributed by atoms with Gasteiger partial charge in [0.2, 0.25) is 0 Å². The first kappa shape index (κ1) is 24.0. The summed E-state index contributed by atoms with van der Waals surface area (Å²) >= 11 is 0. The number of hydrogen-bond donors (Lipinski definition) is 0. The number of likely N-dealkylation sites (N-methyl/N-ethyl adjacent to an activating group) is 1. The zero-order valence-electron chi connectivity index (χ0n) is 21.6. The van der Waals surface area contributed by atoms with Crippen LogP contribution in [0.4, 0.5) is 0 Å². The Morgan fingerprint density at radius 2 is 1.32 bits per heavy atom. The summed E-state index contributed by atoms with van der Waals surface area (Å²) in [5, 5.41) is 0. The molecule has 4 nitrogen and oxygen atoms in total. The van der Waals surface area contributed by atoms with Crippen LogP contribution in [0.3, 0.4) is 0 Å². The van der Waals surface area contributed by atoms with Crippen molar-refractivity contribution in [2.24, 2.45) is 0 Å². The van der Waals surface area contributed by atoms with E-state index in [1.54, 1.807) is 0 Å². The fourth-order valence-electron chi connectivity index (χ4n) is 7.09. The highest BCUT2D eigenvalue weighted by molar-refractivity contribution is 5.32. The molecule has 34 heavy (non-hydrogen) atoms. The second-order valence-electron chi connectivity index (χ2n) is 11.3. The number of fused-ring (bicyclic) bond motifs is 4. The van der Waals surface area contributed by atoms with Gasteiger partial charge in [-0.05, 0) is 71.0 Å². The van der Waals surface area contributed by atoms with E-state index in [2.05, 4.69) is 101 Å². The molecule has 3 heterocycles. The Morgan fingerprint density at radius 1 is 0.765 bits per heavy atom. The van der Waals surface area contributed by atoms with Crippen molar-refractivity contribution in [1.29, 1.82) is 0 Å². The van der Waals surface area contributed by atoms with Crippen LogP contribution in [-0.2, 0) is 0 Å². The van der Waals surface area contributed by atoms with Gasteiger partial charge in [0.1, 0.15) is 0 Å². The van der Waals surface area contributed by atoms with E-state index in [1.165, 1.54) is 82.6 Å². The molecule has 4 aliphatic rings. The molecule has 2 aromatic carbocycles. The third-order valence-corrected chi connectivity index (χ3v) is 9.23. The van der Waals surface area contributed by atoms with Gasteiger partial charge < -0.3 is 14.7 Å². The van der Waals surface area contributed by atoms with Crippen LogP contribution in [0.25, 0.3) is 0 Å². The zero-order valence-corrected chi connectivity index (χ0v) is 21.6. The Hall–Kier alpha value is -1.72. The highest BCUT2D eigenvalue weighted by Crippen LogP contribution is 2.53. The maximum Gasteiger partial charge on any atom is 0.0234 e. The molecule has 0 N–H and O–H groups in total. The van der Waals surface area contributed by atoms with Gasteiger partial charge in [0.25, 0.3) is 0 Å². The highest BCUT2D eigenvalue weighted by atomic mass is 15.3. The first-order valence-corrected chi connectivity index (χ1v) is 13.5. The van der Waals surface area contributed by atoms with E-state index in [0.717, 1.165) is 0 Å². The minimum absolute atomic E-state index is 0.268. The van der Waals surface area contributed by atoms with Crippen molar-refractivity contribution in [3.8, 4) is 0 Å². The van der Waals surface area contributed by atoms with E-state index in [1.807, 2.05) is 0 Å². The maximum atomic E-state index is 2.91. The molecule has 4 heteroatoms. The van der Waals surface area contributed by atoms with Crippen molar-refractivity contribution >= 4 is 0 Å². The third kappa shape index (κ3) is 4.97. The lowest BCUT2D eigenvalue weighted by Crippen LogP contribution is -2.52. The van der Waals surface area contributed by atoms with Gasteiger partial charge in [0.05, 0.1) is 0 Å². The summed E-state index contributed by atoms with van der Waals surface area (Å²) in [5.74, 6) is 1.15. The summed E-state index contributed by atoms with van der Waals surface area (Å²) in [6, 6.07) is 23.4. The summed E-state index contributed by atoms with van der Waals surface area (Å²) in [7, 11) is 6.90. The van der Waals surface area contributed by atoms with Crippen LogP contribution >= 0.6 is 0 Å². The maximum absolute atomic E-state index is 2.91. The van der Waals surface area contributed by atoms with E-state index in [-0.39, 0.29) is 5.54 Å². The molecular weight excluding hydrogens is 416 g/mol. The number of benzene rings is 2. The van der Waals surface area contributed by atoms with Gasteiger partial charge in [-0.15, -0.1) is 0 Å². The predicted octanol–water partition coefficient (Wildman–Crippen LogP) is 4.36. The largest absolute Gasteiger partial charge is 0.304 e. The van der Waals surface area contributed by atoms with E-state index >= 15 is 0 Å². The molecule has 0 amide bonds. The van der Waals surface area contributed by atoms with E-state index in [9.17, 15) is 0 Å². The number of rotatable bonds is 7. The van der Waals surface area contributed by atoms with Gasteiger partial charge in [-0.3, -0.25) is 4.90 Å². The third-order valence-electron chi connectivity index (χ3n) is 9.23. The molecule has 0 spiro atoms. The van der Waals surface area contributed by atoms with Crippen molar-refractivity contribution in [1.82, 2.24) is 19.6 Å². The Balaban J connectivity index is 1.43.